The van der Waals surface area contributed by atoms with E-state index < -0.39 is 92.6 Å². The van der Waals surface area contributed by atoms with Crippen molar-refractivity contribution in [3.8, 4) is 11.5 Å². The van der Waals surface area contributed by atoms with Gasteiger partial charge in [-0.05, 0) is 43.0 Å². The number of benzene rings is 2. The number of methoxy groups -OCH3 is 1. The van der Waals surface area contributed by atoms with Crippen molar-refractivity contribution in [3.63, 3.8) is 0 Å². The zero-order valence-corrected chi connectivity index (χ0v) is 25.2. The van der Waals surface area contributed by atoms with E-state index in [-0.39, 0.29) is 29.5 Å². The second-order valence-corrected chi connectivity index (χ2v) is 12.9. The van der Waals surface area contributed by atoms with Crippen molar-refractivity contribution in [2.75, 3.05) is 19.1 Å². The molecule has 16 heteroatoms. The number of halogens is 8. The number of nitrogens with zero attached hydrogens (tertiary/aromatic N) is 2. The summed E-state index contributed by atoms with van der Waals surface area (Å²) in [6, 6.07) is 4.36. The van der Waals surface area contributed by atoms with Crippen molar-refractivity contribution in [1.29, 1.82) is 0 Å². The molecular formula is C30H22Cl2F6N2O6. The van der Waals surface area contributed by atoms with Gasteiger partial charge in [0.25, 0.3) is 11.8 Å². The number of hydrogen-bond donors (Lipinski definition) is 1. The molecule has 2 aliphatic carbocycles. The van der Waals surface area contributed by atoms with Gasteiger partial charge in [-0.1, -0.05) is 17.7 Å². The number of phenols is 1. The van der Waals surface area contributed by atoms with E-state index in [9.17, 15) is 50.6 Å². The minimum absolute atomic E-state index is 0.0432. The number of rotatable bonds is 3. The van der Waals surface area contributed by atoms with Crippen LogP contribution in [0.5, 0.6) is 11.5 Å². The summed E-state index contributed by atoms with van der Waals surface area (Å²) in [5, 5.41) is 10.1. The van der Waals surface area contributed by atoms with E-state index in [2.05, 4.69) is 0 Å². The van der Waals surface area contributed by atoms with Gasteiger partial charge < -0.3 is 9.84 Å². The fourth-order valence-electron chi connectivity index (χ4n) is 7.35. The van der Waals surface area contributed by atoms with Crippen LogP contribution in [0.15, 0.2) is 48.0 Å². The molecule has 6 atom stereocenters. The minimum Gasteiger partial charge on any atom is -0.508 e. The fourth-order valence-corrected chi connectivity index (χ4v) is 8.36. The van der Waals surface area contributed by atoms with E-state index in [1.807, 2.05) is 0 Å². The Morgan fingerprint density at radius 2 is 1.50 bits per heavy atom. The normalized spacial score (nSPS) is 31.1. The molecule has 6 unspecified atom stereocenters. The average molecular weight is 691 g/mol. The average Bonchev–Trinajstić information content (AvgIpc) is 3.31. The van der Waals surface area contributed by atoms with Gasteiger partial charge in [0.05, 0.1) is 35.8 Å². The van der Waals surface area contributed by atoms with Crippen molar-refractivity contribution < 1.29 is 55.4 Å². The van der Waals surface area contributed by atoms with Gasteiger partial charge in [0.1, 0.15) is 11.5 Å². The lowest BCUT2D eigenvalue weighted by Crippen LogP contribution is -2.60. The SMILES string of the molecule is COc1cc(O)ccc1C1C2=CCC3C(=O)N(c4cc(C(F)(F)F)cc(C(F)(F)F)c4)C(=O)C3C2CC2(Cl)C(=O)N(C)C(=O)C12Cl. The molecule has 244 valence electrons. The number of imide groups is 2. The maximum absolute atomic E-state index is 14.0. The molecule has 0 bridgehead atoms. The third kappa shape index (κ3) is 4.28. The van der Waals surface area contributed by atoms with Crippen molar-refractivity contribution in [2.45, 2.75) is 40.9 Å². The highest BCUT2D eigenvalue weighted by Crippen LogP contribution is 2.66. The topological polar surface area (TPSA) is 104 Å². The van der Waals surface area contributed by atoms with Crippen LogP contribution in [0.1, 0.15) is 35.4 Å². The maximum Gasteiger partial charge on any atom is 0.416 e. The third-order valence-electron chi connectivity index (χ3n) is 9.37. The molecule has 0 radical (unpaired) electrons. The van der Waals surface area contributed by atoms with E-state index >= 15 is 0 Å². The van der Waals surface area contributed by atoms with Gasteiger partial charge in [0.2, 0.25) is 11.8 Å². The molecule has 2 aromatic rings. The van der Waals surface area contributed by atoms with Gasteiger partial charge in [0.15, 0.2) is 9.75 Å². The summed E-state index contributed by atoms with van der Waals surface area (Å²) < 4.78 is 87.3. The van der Waals surface area contributed by atoms with Crippen LogP contribution in [0.3, 0.4) is 0 Å². The Balaban J connectivity index is 1.52. The Bertz CT molecular complexity index is 1730. The first-order chi connectivity index (χ1) is 21.3. The van der Waals surface area contributed by atoms with E-state index in [0.717, 1.165) is 4.90 Å². The first-order valence-electron chi connectivity index (χ1n) is 13.7. The number of carbonyl (C=O) groups is 4. The second kappa shape index (κ2) is 10.1. The zero-order valence-electron chi connectivity index (χ0n) is 23.7. The van der Waals surface area contributed by atoms with E-state index in [1.165, 1.54) is 38.4 Å². The van der Waals surface area contributed by atoms with Crippen LogP contribution in [-0.2, 0) is 31.5 Å². The largest absolute Gasteiger partial charge is 0.508 e. The molecule has 46 heavy (non-hydrogen) atoms. The molecule has 2 aromatic carbocycles. The predicted octanol–water partition coefficient (Wildman–Crippen LogP) is 5.63. The molecule has 0 aromatic heterocycles. The highest BCUT2D eigenvalue weighted by Gasteiger charge is 2.76. The highest BCUT2D eigenvalue weighted by atomic mass is 35.5. The number of alkyl halides is 8. The van der Waals surface area contributed by atoms with Gasteiger partial charge in [-0.25, -0.2) is 4.90 Å². The Morgan fingerprint density at radius 3 is 2.07 bits per heavy atom. The molecule has 6 rings (SSSR count). The monoisotopic (exact) mass is 690 g/mol. The summed E-state index contributed by atoms with van der Waals surface area (Å²) in [6.45, 7) is 0. The highest BCUT2D eigenvalue weighted by molar-refractivity contribution is 6.53. The van der Waals surface area contributed by atoms with Crippen LogP contribution in [0.4, 0.5) is 32.0 Å². The summed E-state index contributed by atoms with van der Waals surface area (Å²) in [4.78, 5) is 51.6. The van der Waals surface area contributed by atoms with Gasteiger partial charge in [0, 0.05) is 24.6 Å². The smallest absolute Gasteiger partial charge is 0.416 e. The second-order valence-electron chi connectivity index (χ2n) is 11.7. The first-order valence-corrected chi connectivity index (χ1v) is 14.5. The lowest BCUT2D eigenvalue weighted by molar-refractivity contribution is -0.143. The van der Waals surface area contributed by atoms with Crippen molar-refractivity contribution >= 4 is 52.5 Å². The van der Waals surface area contributed by atoms with Crippen LogP contribution >= 0.6 is 23.2 Å². The molecule has 0 spiro atoms. The molecule has 1 saturated carbocycles. The molecule has 8 nitrogen and oxygen atoms in total. The number of allylic oxidation sites excluding steroid dienone is 2. The lowest BCUT2D eigenvalue weighted by atomic mass is 9.56. The maximum atomic E-state index is 14.0. The van der Waals surface area contributed by atoms with Gasteiger partial charge in [-0.3, -0.25) is 24.1 Å². The first kappa shape index (κ1) is 32.2. The van der Waals surface area contributed by atoms with Crippen molar-refractivity contribution in [3.05, 3.63) is 64.7 Å². The van der Waals surface area contributed by atoms with Crippen LogP contribution in [0.25, 0.3) is 0 Å². The number of phenolic OH excluding ortho intramolecular Hbond substituents is 1. The summed E-state index contributed by atoms with van der Waals surface area (Å²) in [6.07, 6.45) is -9.60. The summed E-state index contributed by atoms with van der Waals surface area (Å²) >= 11 is 14.1. The molecular weight excluding hydrogens is 669 g/mol. The van der Waals surface area contributed by atoms with Gasteiger partial charge in [-0.2, -0.15) is 26.3 Å². The van der Waals surface area contributed by atoms with Gasteiger partial charge in [-0.15, -0.1) is 23.2 Å². The molecule has 1 N–H and O–H groups in total. The standard InChI is InChI=1S/C30H22Cl2F6N2O6/c1-39-25(44)27(31)11-19-16(22(28(27,32)26(39)45)17-4-3-15(41)10-20(17)46-2)5-6-18-21(19)24(43)40(23(18)42)14-8-12(29(33,34)35)7-13(9-14)30(36,37)38/h3-5,7-10,18-19,21-22,41H,6,11H2,1-2H3. The van der Waals surface area contributed by atoms with Crippen LogP contribution in [0, 0.1) is 17.8 Å². The quantitative estimate of drug-likeness (QED) is 0.194. The number of likely N-dealkylation sites (tertiary alicyclic amines) is 1. The molecule has 2 saturated heterocycles. The molecule has 3 fully saturated rings. The Hall–Kier alpha value is -3.78. The Morgan fingerprint density at radius 1 is 0.891 bits per heavy atom. The lowest BCUT2D eigenvalue weighted by Gasteiger charge is -2.51. The predicted molar refractivity (Wildman–Crippen MR) is 149 cm³/mol. The van der Waals surface area contributed by atoms with Crippen molar-refractivity contribution in [2.24, 2.45) is 17.8 Å². The Labute approximate surface area is 266 Å². The minimum atomic E-state index is -5.24. The number of carbonyl (C=O) groups excluding carboxylic acids is 4. The molecule has 4 aliphatic rings. The number of ether oxygens (including phenoxy) is 1. The van der Waals surface area contributed by atoms with Crippen LogP contribution in [0.2, 0.25) is 0 Å². The van der Waals surface area contributed by atoms with Gasteiger partial charge >= 0.3 is 12.4 Å². The van der Waals surface area contributed by atoms with E-state index in [1.54, 1.807) is 0 Å². The number of amides is 4. The number of fused-ring (bicyclic) bond motifs is 4. The summed E-state index contributed by atoms with van der Waals surface area (Å²) in [7, 11) is 2.44. The molecule has 2 aliphatic heterocycles. The Kier molecular flexibility index (Phi) is 7.07. The van der Waals surface area contributed by atoms with Crippen LogP contribution < -0.4 is 9.64 Å². The number of anilines is 1. The van der Waals surface area contributed by atoms with Crippen LogP contribution in [-0.4, -0.2) is 57.5 Å². The third-order valence-corrected chi connectivity index (χ3v) is 10.8. The fraction of sp³-hybridized carbons (Fsp3) is 0.400. The van der Waals surface area contributed by atoms with E-state index in [0.29, 0.717) is 22.6 Å². The molecule has 2 heterocycles. The molecule has 4 amide bonds. The summed E-state index contributed by atoms with van der Waals surface area (Å²) in [5.74, 6) is -9.07. The zero-order chi connectivity index (χ0) is 33.9. The van der Waals surface area contributed by atoms with E-state index in [4.69, 9.17) is 27.9 Å². The number of hydrogen-bond acceptors (Lipinski definition) is 6. The van der Waals surface area contributed by atoms with Crippen molar-refractivity contribution in [1.82, 2.24) is 4.90 Å². The summed E-state index contributed by atoms with van der Waals surface area (Å²) in [5.41, 5.74) is -3.84. The number of aromatic hydroxyl groups is 1.